The van der Waals surface area contributed by atoms with Gasteiger partial charge in [0, 0.05) is 31.7 Å². The van der Waals surface area contributed by atoms with E-state index in [0.717, 1.165) is 0 Å². The molecule has 4 fully saturated rings. The number of Topliss-reactive ketones (excluding diaryl/α,β-unsaturated/α-hetero) is 1. The molecule has 2 aliphatic carbocycles. The number of ketones is 1. The van der Waals surface area contributed by atoms with Crippen molar-refractivity contribution in [1.82, 2.24) is 30.1 Å². The summed E-state index contributed by atoms with van der Waals surface area (Å²) < 4.78 is 69.9. The second kappa shape index (κ2) is 14.6. The van der Waals surface area contributed by atoms with E-state index in [1.807, 2.05) is 25.1 Å². The zero-order chi connectivity index (χ0) is 38.4. The highest BCUT2D eigenvalue weighted by Gasteiger charge is 2.64. The van der Waals surface area contributed by atoms with Crippen LogP contribution in [0, 0.1) is 18.3 Å². The molecule has 0 unspecified atom stereocenters. The minimum atomic E-state index is -4.04. The molecule has 7 rings (SSSR count). The van der Waals surface area contributed by atoms with Crippen LogP contribution in [0.3, 0.4) is 0 Å². The van der Waals surface area contributed by atoms with E-state index >= 15 is 8.78 Å². The van der Waals surface area contributed by atoms with Gasteiger partial charge in [-0.2, -0.15) is 0 Å². The maximum atomic E-state index is 15.4. The lowest BCUT2D eigenvalue weighted by molar-refractivity contribution is -0.140. The van der Waals surface area contributed by atoms with Gasteiger partial charge in [0.1, 0.15) is 23.6 Å². The molecule has 0 spiro atoms. The SMILES string of the molecule is CCc1nc2ccccc2nc1O[C@@H]1C[C@H]2C(=O)C[C@]3(C(=O)NS(=O)(=O)C4CC4)C[C@H]3CC(F)(F)CCCCC[C@H](NC(=O)c3cc(C)on3)C(=O)N2C1. The van der Waals surface area contributed by atoms with Gasteiger partial charge in [-0.25, -0.2) is 27.2 Å². The van der Waals surface area contributed by atoms with Gasteiger partial charge in [0.15, 0.2) is 11.5 Å². The molecule has 4 heterocycles. The lowest BCUT2D eigenvalue weighted by Crippen LogP contribution is -2.52. The third-order valence-electron chi connectivity index (χ3n) is 11.1. The molecule has 2 saturated heterocycles. The summed E-state index contributed by atoms with van der Waals surface area (Å²) in [7, 11) is -4.04. The van der Waals surface area contributed by atoms with Crippen molar-refractivity contribution in [2.24, 2.45) is 11.3 Å². The molecule has 2 N–H and O–H groups in total. The van der Waals surface area contributed by atoms with Crippen LogP contribution in [0.25, 0.3) is 11.0 Å². The molecule has 1 aromatic carbocycles. The lowest BCUT2D eigenvalue weighted by atomic mass is 9.89. The molecule has 2 aliphatic heterocycles. The summed E-state index contributed by atoms with van der Waals surface area (Å²) in [5, 5.41) is 5.72. The maximum Gasteiger partial charge on any atom is 0.274 e. The Hall–Kier alpha value is -4.54. The molecular weight excluding hydrogens is 727 g/mol. The van der Waals surface area contributed by atoms with Crippen LogP contribution in [0.1, 0.15) is 99.5 Å². The molecule has 4 aliphatic rings. The van der Waals surface area contributed by atoms with E-state index in [1.165, 1.54) is 11.0 Å². The summed E-state index contributed by atoms with van der Waals surface area (Å²) in [6, 6.07) is 6.35. The monoisotopic (exact) mass is 770 g/mol. The highest BCUT2D eigenvalue weighted by Crippen LogP contribution is 2.60. The van der Waals surface area contributed by atoms with Crippen molar-refractivity contribution in [3.8, 4) is 5.88 Å². The number of sulfonamides is 1. The number of fused-ring (bicyclic) bond motifs is 3. The maximum absolute atomic E-state index is 15.4. The summed E-state index contributed by atoms with van der Waals surface area (Å²) >= 11 is 0. The molecule has 0 radical (unpaired) electrons. The molecule has 290 valence electrons. The van der Waals surface area contributed by atoms with Gasteiger partial charge in [-0.05, 0) is 63.5 Å². The fraction of sp³-hybridized carbons (Fsp3) is 0.595. The van der Waals surface area contributed by atoms with E-state index in [9.17, 15) is 27.6 Å². The van der Waals surface area contributed by atoms with Crippen molar-refractivity contribution in [3.05, 3.63) is 47.5 Å². The van der Waals surface area contributed by atoms with Gasteiger partial charge in [0.25, 0.3) is 5.91 Å². The van der Waals surface area contributed by atoms with Gasteiger partial charge in [-0.15, -0.1) is 0 Å². The number of ether oxygens (including phenoxy) is 1. The molecule has 2 saturated carbocycles. The highest BCUT2D eigenvalue weighted by atomic mass is 32.2. The number of halogens is 2. The lowest BCUT2D eigenvalue weighted by Gasteiger charge is -2.29. The van der Waals surface area contributed by atoms with Gasteiger partial charge in [-0.1, -0.05) is 37.1 Å². The van der Waals surface area contributed by atoms with Crippen molar-refractivity contribution >= 4 is 44.6 Å². The molecule has 3 amide bonds. The number of rotatable bonds is 8. The Bertz CT molecular complexity index is 2070. The van der Waals surface area contributed by atoms with Crippen LogP contribution in [0.15, 0.2) is 34.9 Å². The fourth-order valence-electron chi connectivity index (χ4n) is 7.81. The second-order valence-electron chi connectivity index (χ2n) is 15.2. The standard InChI is InChI=1S/C37H44F2N6O8S/c1-3-25-33(42-27-10-7-6-9-26(27)40-25)52-23-16-30-31(46)19-36(35(49)44-54(50,51)24-12-13-24)17-22(36)18-37(38,39)14-8-4-5-11-28(34(48)45(30)20-23)41-32(47)29-15-21(2)53-43-29/h6-7,9-10,15,22-24,28,30H,3-5,8,11-14,16-20H2,1-2H3,(H,41,47)(H,44,49)/t22-,23+,28-,30-,36+/m0/s1. The first-order chi connectivity index (χ1) is 25.7. The average molecular weight is 771 g/mol. The number of nitrogens with zero attached hydrogens (tertiary/aromatic N) is 4. The summed E-state index contributed by atoms with van der Waals surface area (Å²) in [4.78, 5) is 66.6. The zero-order valence-corrected chi connectivity index (χ0v) is 31.0. The Kier molecular flexibility index (Phi) is 10.2. The second-order valence-corrected chi connectivity index (χ2v) is 17.1. The van der Waals surface area contributed by atoms with Crippen LogP contribution in [0.2, 0.25) is 0 Å². The summed E-state index contributed by atoms with van der Waals surface area (Å²) in [6.45, 7) is 3.42. The van der Waals surface area contributed by atoms with Crippen molar-refractivity contribution < 1.29 is 45.6 Å². The predicted octanol–water partition coefficient (Wildman–Crippen LogP) is 4.20. The number of carbonyl (C=O) groups excluding carboxylic acids is 4. The Morgan fingerprint density at radius 2 is 1.80 bits per heavy atom. The minimum Gasteiger partial charge on any atom is -0.471 e. The van der Waals surface area contributed by atoms with Gasteiger partial charge in [-0.3, -0.25) is 23.9 Å². The van der Waals surface area contributed by atoms with Gasteiger partial charge in [0.05, 0.1) is 34.3 Å². The van der Waals surface area contributed by atoms with Crippen LogP contribution < -0.4 is 14.8 Å². The first-order valence-electron chi connectivity index (χ1n) is 18.6. The Morgan fingerprint density at radius 3 is 2.48 bits per heavy atom. The summed E-state index contributed by atoms with van der Waals surface area (Å²) in [6.07, 6.45) is -0.500. The average Bonchev–Trinajstić information content (AvgIpc) is 4.01. The van der Waals surface area contributed by atoms with E-state index in [4.69, 9.17) is 9.26 Å². The first kappa shape index (κ1) is 37.8. The van der Waals surface area contributed by atoms with E-state index in [2.05, 4.69) is 25.2 Å². The quantitative estimate of drug-likeness (QED) is 0.334. The van der Waals surface area contributed by atoms with Crippen molar-refractivity contribution in [3.63, 3.8) is 0 Å². The van der Waals surface area contributed by atoms with E-state index in [1.54, 1.807) is 13.0 Å². The van der Waals surface area contributed by atoms with Crippen LogP contribution in [0.4, 0.5) is 8.78 Å². The summed E-state index contributed by atoms with van der Waals surface area (Å²) in [5.74, 6) is -6.32. The number of para-hydroxylation sites is 2. The Balaban J connectivity index is 1.21. The van der Waals surface area contributed by atoms with Crippen LogP contribution in [0.5, 0.6) is 5.88 Å². The minimum absolute atomic E-state index is 0.0235. The molecule has 2 aromatic heterocycles. The van der Waals surface area contributed by atoms with Crippen molar-refractivity contribution in [1.29, 1.82) is 0 Å². The Labute approximate surface area is 311 Å². The fourth-order valence-corrected chi connectivity index (χ4v) is 9.20. The van der Waals surface area contributed by atoms with E-state index in [-0.39, 0.29) is 43.8 Å². The topological polar surface area (TPSA) is 191 Å². The van der Waals surface area contributed by atoms with Crippen molar-refractivity contribution in [2.45, 2.75) is 120 Å². The Morgan fingerprint density at radius 1 is 1.06 bits per heavy atom. The number of aromatic nitrogens is 3. The van der Waals surface area contributed by atoms with Gasteiger partial charge >= 0.3 is 0 Å². The largest absolute Gasteiger partial charge is 0.471 e. The predicted molar refractivity (Wildman–Crippen MR) is 189 cm³/mol. The van der Waals surface area contributed by atoms with Crippen molar-refractivity contribution in [2.75, 3.05) is 6.54 Å². The number of hydrogen-bond acceptors (Lipinski definition) is 11. The molecule has 3 aromatic rings. The molecule has 0 bridgehead atoms. The normalized spacial score (nSPS) is 27.7. The van der Waals surface area contributed by atoms with Crippen LogP contribution in [-0.2, 0) is 30.8 Å². The third kappa shape index (κ3) is 7.96. The van der Waals surface area contributed by atoms with E-state index < -0.39 is 93.5 Å². The number of hydrogen-bond donors (Lipinski definition) is 2. The zero-order valence-electron chi connectivity index (χ0n) is 30.2. The number of benzene rings is 1. The van der Waals surface area contributed by atoms with Gasteiger partial charge in [0.2, 0.25) is 33.6 Å². The number of aryl methyl sites for hydroxylation is 2. The molecular formula is C37H44F2N6O8S. The van der Waals surface area contributed by atoms with Crippen LogP contribution in [-0.4, -0.2) is 87.9 Å². The molecule has 54 heavy (non-hydrogen) atoms. The number of nitrogens with one attached hydrogen (secondary N) is 2. The molecule has 14 nitrogen and oxygen atoms in total. The summed E-state index contributed by atoms with van der Waals surface area (Å²) in [5.41, 5.74) is 0.0821. The highest BCUT2D eigenvalue weighted by molar-refractivity contribution is 7.90. The molecule has 17 heteroatoms. The molecule has 5 atom stereocenters. The number of alkyl halides is 2. The smallest absolute Gasteiger partial charge is 0.274 e. The number of amides is 3. The van der Waals surface area contributed by atoms with Crippen LogP contribution >= 0.6 is 0 Å². The first-order valence-corrected chi connectivity index (χ1v) is 20.2. The number of carbonyl (C=O) groups is 4. The van der Waals surface area contributed by atoms with Gasteiger partial charge < -0.3 is 19.5 Å². The van der Waals surface area contributed by atoms with E-state index in [0.29, 0.717) is 54.6 Å². The third-order valence-corrected chi connectivity index (χ3v) is 12.9.